The average molecular weight is 286 g/mol. The summed E-state index contributed by atoms with van der Waals surface area (Å²) in [5.41, 5.74) is 1.02. The van der Waals surface area contributed by atoms with Crippen molar-refractivity contribution in [3.63, 3.8) is 0 Å². The molecule has 1 aromatic carbocycles. The van der Waals surface area contributed by atoms with Gasteiger partial charge in [-0.15, -0.1) is 0 Å². The lowest BCUT2D eigenvalue weighted by Gasteiger charge is -2.10. The van der Waals surface area contributed by atoms with Gasteiger partial charge in [0.25, 0.3) is 0 Å². The second kappa shape index (κ2) is 6.08. The molecule has 0 spiro atoms. The molecule has 2 aromatic rings. The second-order valence-corrected chi connectivity index (χ2v) is 5.28. The molecule has 4 nitrogen and oxygen atoms in total. The van der Waals surface area contributed by atoms with Crippen LogP contribution in [-0.2, 0) is 6.54 Å². The SMILES string of the molecule is CCNc1cc(NCc2ccc(F)cc2)nc(C2CC2)n1. The van der Waals surface area contributed by atoms with Crippen molar-refractivity contribution >= 4 is 11.6 Å². The minimum atomic E-state index is -0.216. The number of benzene rings is 1. The molecular weight excluding hydrogens is 267 g/mol. The summed E-state index contributed by atoms with van der Waals surface area (Å²) in [6.45, 7) is 3.50. The van der Waals surface area contributed by atoms with Gasteiger partial charge < -0.3 is 10.6 Å². The molecule has 0 saturated heterocycles. The number of rotatable bonds is 6. The summed E-state index contributed by atoms with van der Waals surface area (Å²) >= 11 is 0. The van der Waals surface area contributed by atoms with E-state index in [2.05, 4.69) is 20.6 Å². The minimum Gasteiger partial charge on any atom is -0.370 e. The highest BCUT2D eigenvalue weighted by Gasteiger charge is 2.27. The van der Waals surface area contributed by atoms with Crippen molar-refractivity contribution in [1.29, 1.82) is 0 Å². The van der Waals surface area contributed by atoms with E-state index in [1.54, 1.807) is 12.1 Å². The van der Waals surface area contributed by atoms with E-state index in [0.717, 1.165) is 29.6 Å². The van der Waals surface area contributed by atoms with Gasteiger partial charge in [0, 0.05) is 25.1 Å². The second-order valence-electron chi connectivity index (χ2n) is 5.28. The van der Waals surface area contributed by atoms with Crippen LogP contribution >= 0.6 is 0 Å². The van der Waals surface area contributed by atoms with Crippen LogP contribution in [0.15, 0.2) is 30.3 Å². The first-order valence-electron chi connectivity index (χ1n) is 7.36. The van der Waals surface area contributed by atoms with E-state index in [1.807, 2.05) is 13.0 Å². The van der Waals surface area contributed by atoms with Crippen LogP contribution in [0.2, 0.25) is 0 Å². The summed E-state index contributed by atoms with van der Waals surface area (Å²) in [6.07, 6.45) is 2.35. The normalized spacial score (nSPS) is 14.0. The van der Waals surface area contributed by atoms with Crippen LogP contribution in [0, 0.1) is 5.82 Å². The van der Waals surface area contributed by atoms with E-state index in [4.69, 9.17) is 0 Å². The van der Waals surface area contributed by atoms with Crippen LogP contribution in [-0.4, -0.2) is 16.5 Å². The molecule has 0 aliphatic heterocycles. The zero-order chi connectivity index (χ0) is 14.7. The van der Waals surface area contributed by atoms with Gasteiger partial charge in [0.15, 0.2) is 0 Å². The zero-order valence-corrected chi connectivity index (χ0v) is 12.1. The van der Waals surface area contributed by atoms with Crippen molar-refractivity contribution in [1.82, 2.24) is 9.97 Å². The van der Waals surface area contributed by atoms with Gasteiger partial charge >= 0.3 is 0 Å². The van der Waals surface area contributed by atoms with E-state index in [1.165, 1.54) is 25.0 Å². The molecule has 1 aliphatic rings. The van der Waals surface area contributed by atoms with Gasteiger partial charge in [-0.25, -0.2) is 14.4 Å². The fraction of sp³-hybridized carbons (Fsp3) is 0.375. The number of hydrogen-bond acceptors (Lipinski definition) is 4. The van der Waals surface area contributed by atoms with Crippen LogP contribution in [0.4, 0.5) is 16.0 Å². The Bertz CT molecular complexity index is 608. The molecule has 0 atom stereocenters. The van der Waals surface area contributed by atoms with Gasteiger partial charge in [-0.1, -0.05) is 12.1 Å². The molecule has 1 aromatic heterocycles. The maximum absolute atomic E-state index is 12.9. The Morgan fingerprint density at radius 2 is 1.76 bits per heavy atom. The topological polar surface area (TPSA) is 49.8 Å². The molecule has 1 fully saturated rings. The van der Waals surface area contributed by atoms with Crippen molar-refractivity contribution in [3.05, 3.63) is 47.5 Å². The molecule has 1 heterocycles. The van der Waals surface area contributed by atoms with Crippen molar-refractivity contribution in [2.75, 3.05) is 17.2 Å². The summed E-state index contributed by atoms with van der Waals surface area (Å²) < 4.78 is 12.9. The molecule has 5 heteroatoms. The van der Waals surface area contributed by atoms with E-state index >= 15 is 0 Å². The van der Waals surface area contributed by atoms with Crippen LogP contribution < -0.4 is 10.6 Å². The Hall–Kier alpha value is -2.17. The monoisotopic (exact) mass is 286 g/mol. The number of nitrogens with zero attached hydrogens (tertiary/aromatic N) is 2. The smallest absolute Gasteiger partial charge is 0.136 e. The van der Waals surface area contributed by atoms with Crippen LogP contribution in [0.25, 0.3) is 0 Å². The standard InChI is InChI=1S/C16H19FN4/c1-2-18-14-9-15(21-16(20-14)12-5-6-12)19-10-11-3-7-13(17)8-4-11/h3-4,7-9,12H,2,5-6,10H2,1H3,(H2,18,19,20,21). The molecule has 0 unspecified atom stereocenters. The Labute approximate surface area is 123 Å². The first kappa shape index (κ1) is 13.8. The quantitative estimate of drug-likeness (QED) is 0.853. The van der Waals surface area contributed by atoms with Crippen LogP contribution in [0.5, 0.6) is 0 Å². The van der Waals surface area contributed by atoms with Gasteiger partial charge in [0.05, 0.1) is 0 Å². The van der Waals surface area contributed by atoms with Gasteiger partial charge in [0.1, 0.15) is 23.3 Å². The largest absolute Gasteiger partial charge is 0.370 e. The third kappa shape index (κ3) is 3.68. The van der Waals surface area contributed by atoms with Gasteiger partial charge in [-0.05, 0) is 37.5 Å². The van der Waals surface area contributed by atoms with Gasteiger partial charge in [0.2, 0.25) is 0 Å². The zero-order valence-electron chi connectivity index (χ0n) is 12.1. The Morgan fingerprint density at radius 3 is 2.38 bits per heavy atom. The predicted molar refractivity (Wildman–Crippen MR) is 81.9 cm³/mol. The van der Waals surface area contributed by atoms with Crippen molar-refractivity contribution < 1.29 is 4.39 Å². The van der Waals surface area contributed by atoms with E-state index < -0.39 is 0 Å². The first-order valence-corrected chi connectivity index (χ1v) is 7.36. The number of nitrogens with one attached hydrogen (secondary N) is 2. The number of hydrogen-bond donors (Lipinski definition) is 2. The predicted octanol–water partition coefficient (Wildman–Crippen LogP) is 3.54. The first-order chi connectivity index (χ1) is 10.2. The molecule has 2 N–H and O–H groups in total. The fourth-order valence-corrected chi connectivity index (χ4v) is 2.15. The Kier molecular flexibility index (Phi) is 3.99. The fourth-order valence-electron chi connectivity index (χ4n) is 2.15. The summed E-state index contributed by atoms with van der Waals surface area (Å²) in [5.74, 6) is 2.87. The third-order valence-electron chi connectivity index (χ3n) is 3.43. The summed E-state index contributed by atoms with van der Waals surface area (Å²) in [6, 6.07) is 8.40. The molecule has 0 bridgehead atoms. The molecule has 3 rings (SSSR count). The number of halogens is 1. The highest BCUT2D eigenvalue weighted by Crippen LogP contribution is 2.38. The van der Waals surface area contributed by atoms with Crippen LogP contribution in [0.1, 0.15) is 37.1 Å². The molecule has 0 amide bonds. The van der Waals surface area contributed by atoms with E-state index in [0.29, 0.717) is 12.5 Å². The highest BCUT2D eigenvalue weighted by molar-refractivity contribution is 5.48. The Morgan fingerprint density at radius 1 is 1.10 bits per heavy atom. The molecule has 1 aliphatic carbocycles. The van der Waals surface area contributed by atoms with Crippen molar-refractivity contribution in [2.24, 2.45) is 0 Å². The maximum Gasteiger partial charge on any atom is 0.136 e. The summed E-state index contributed by atoms with van der Waals surface area (Å²) in [4.78, 5) is 9.11. The van der Waals surface area contributed by atoms with Crippen LogP contribution in [0.3, 0.4) is 0 Å². The number of aromatic nitrogens is 2. The molecule has 110 valence electrons. The lowest BCUT2D eigenvalue weighted by molar-refractivity contribution is 0.627. The highest BCUT2D eigenvalue weighted by atomic mass is 19.1. The lowest BCUT2D eigenvalue weighted by atomic mass is 10.2. The molecule has 21 heavy (non-hydrogen) atoms. The number of anilines is 2. The summed E-state index contributed by atoms with van der Waals surface area (Å²) in [5, 5.41) is 6.52. The molecule has 0 radical (unpaired) electrons. The van der Waals surface area contributed by atoms with E-state index in [9.17, 15) is 4.39 Å². The van der Waals surface area contributed by atoms with Crippen molar-refractivity contribution in [3.8, 4) is 0 Å². The minimum absolute atomic E-state index is 0.216. The molecule has 1 saturated carbocycles. The average Bonchev–Trinajstić information content (AvgIpc) is 3.31. The van der Waals surface area contributed by atoms with E-state index in [-0.39, 0.29) is 5.82 Å². The molecular formula is C16H19FN4. The Balaban J connectivity index is 1.72. The van der Waals surface area contributed by atoms with Crippen molar-refractivity contribution in [2.45, 2.75) is 32.2 Å². The maximum atomic E-state index is 12.9. The summed E-state index contributed by atoms with van der Waals surface area (Å²) in [7, 11) is 0. The lowest BCUT2D eigenvalue weighted by Crippen LogP contribution is -2.07. The van der Waals surface area contributed by atoms with Gasteiger partial charge in [-0.3, -0.25) is 0 Å². The third-order valence-corrected chi connectivity index (χ3v) is 3.43. The van der Waals surface area contributed by atoms with Gasteiger partial charge in [-0.2, -0.15) is 0 Å².